The van der Waals surface area contributed by atoms with Crippen LogP contribution >= 0.6 is 23.4 Å². The van der Waals surface area contributed by atoms with Crippen LogP contribution in [0.3, 0.4) is 0 Å². The number of aromatic nitrogens is 3. The second-order valence-electron chi connectivity index (χ2n) is 5.99. The summed E-state index contributed by atoms with van der Waals surface area (Å²) in [6, 6.07) is 17.1. The number of hydrogen-bond donors (Lipinski definition) is 0. The SMILES string of the molecule is C=CCn1c(SCc2ccccc2C#N)nnc1C(C)Oc1ccccc1Cl. The van der Waals surface area contributed by atoms with Crippen LogP contribution in [0.1, 0.15) is 30.0 Å². The number of ether oxygens (including phenoxy) is 1. The van der Waals surface area contributed by atoms with E-state index in [0.29, 0.717) is 34.5 Å². The summed E-state index contributed by atoms with van der Waals surface area (Å²) in [6.07, 6.45) is 1.45. The van der Waals surface area contributed by atoms with Crippen LogP contribution in [-0.2, 0) is 12.3 Å². The lowest BCUT2D eigenvalue weighted by molar-refractivity contribution is 0.210. The van der Waals surface area contributed by atoms with Crippen LogP contribution < -0.4 is 4.74 Å². The van der Waals surface area contributed by atoms with E-state index in [1.54, 1.807) is 12.1 Å². The Morgan fingerprint density at radius 3 is 2.75 bits per heavy atom. The number of nitrogens with zero attached hydrogens (tertiary/aromatic N) is 4. The summed E-state index contributed by atoms with van der Waals surface area (Å²) >= 11 is 7.72. The second-order valence-corrected chi connectivity index (χ2v) is 7.34. The number of halogens is 1. The van der Waals surface area contributed by atoms with Crippen molar-refractivity contribution in [1.29, 1.82) is 5.26 Å². The number of hydrogen-bond acceptors (Lipinski definition) is 5. The number of nitriles is 1. The summed E-state index contributed by atoms with van der Waals surface area (Å²) < 4.78 is 7.96. The van der Waals surface area contributed by atoms with Crippen LogP contribution in [0, 0.1) is 11.3 Å². The molecular weight excluding hydrogens is 392 g/mol. The first-order chi connectivity index (χ1) is 13.6. The molecule has 2 aromatic carbocycles. The Balaban J connectivity index is 1.80. The minimum Gasteiger partial charge on any atom is -0.481 e. The highest BCUT2D eigenvalue weighted by atomic mass is 35.5. The Hall–Kier alpha value is -2.75. The standard InChI is InChI=1S/C21H19ClN4OS/c1-3-12-26-20(15(2)27-19-11-7-6-10-18(19)22)24-25-21(26)28-14-17-9-5-4-8-16(17)13-23/h3-11,15H,1,12,14H2,2H3. The van der Waals surface area contributed by atoms with Crippen LogP contribution in [0.15, 0.2) is 66.3 Å². The van der Waals surface area contributed by atoms with Gasteiger partial charge in [-0.25, -0.2) is 0 Å². The second kappa shape index (κ2) is 9.45. The van der Waals surface area contributed by atoms with E-state index >= 15 is 0 Å². The van der Waals surface area contributed by atoms with Crippen LogP contribution in [-0.4, -0.2) is 14.8 Å². The first kappa shape index (κ1) is 20.0. The van der Waals surface area contributed by atoms with Crippen molar-refractivity contribution in [3.8, 4) is 11.8 Å². The third-order valence-electron chi connectivity index (χ3n) is 4.06. The third-order valence-corrected chi connectivity index (χ3v) is 5.38. The van der Waals surface area contributed by atoms with Crippen molar-refractivity contribution in [3.63, 3.8) is 0 Å². The van der Waals surface area contributed by atoms with Crippen molar-refractivity contribution in [2.45, 2.75) is 30.5 Å². The highest BCUT2D eigenvalue weighted by Gasteiger charge is 2.20. The van der Waals surface area contributed by atoms with Gasteiger partial charge in [0.1, 0.15) is 5.75 Å². The van der Waals surface area contributed by atoms with Crippen molar-refractivity contribution < 1.29 is 4.74 Å². The van der Waals surface area contributed by atoms with Gasteiger partial charge >= 0.3 is 0 Å². The third kappa shape index (κ3) is 4.56. The van der Waals surface area contributed by atoms with Crippen LogP contribution in [0.4, 0.5) is 0 Å². The summed E-state index contributed by atoms with van der Waals surface area (Å²) in [6.45, 7) is 6.30. The van der Waals surface area contributed by atoms with Crippen molar-refractivity contribution in [2.75, 3.05) is 0 Å². The molecule has 0 amide bonds. The number of para-hydroxylation sites is 1. The van der Waals surface area contributed by atoms with Gasteiger partial charge in [0.15, 0.2) is 17.1 Å². The highest BCUT2D eigenvalue weighted by Crippen LogP contribution is 2.30. The predicted molar refractivity (Wildman–Crippen MR) is 111 cm³/mol. The molecule has 5 nitrogen and oxygen atoms in total. The smallest absolute Gasteiger partial charge is 0.191 e. The predicted octanol–water partition coefficient (Wildman–Crippen LogP) is 5.42. The van der Waals surface area contributed by atoms with E-state index in [1.807, 2.05) is 54.0 Å². The Kier molecular flexibility index (Phi) is 6.75. The van der Waals surface area contributed by atoms with Crippen molar-refractivity contribution in [3.05, 3.63) is 83.2 Å². The fourth-order valence-electron chi connectivity index (χ4n) is 2.69. The summed E-state index contributed by atoms with van der Waals surface area (Å²) in [5.41, 5.74) is 1.63. The Bertz CT molecular complexity index is 1010. The zero-order chi connectivity index (χ0) is 19.9. The molecule has 0 spiro atoms. The van der Waals surface area contributed by atoms with Crippen LogP contribution in [0.5, 0.6) is 5.75 Å². The fraction of sp³-hybridized carbons (Fsp3) is 0.190. The van der Waals surface area contributed by atoms with Gasteiger partial charge in [-0.1, -0.05) is 59.8 Å². The average molecular weight is 411 g/mol. The maximum atomic E-state index is 9.26. The molecule has 28 heavy (non-hydrogen) atoms. The maximum absolute atomic E-state index is 9.26. The first-order valence-electron chi connectivity index (χ1n) is 8.70. The zero-order valence-corrected chi connectivity index (χ0v) is 17.0. The molecule has 3 aromatic rings. The van der Waals surface area contributed by atoms with Gasteiger partial charge < -0.3 is 4.74 Å². The lowest BCUT2D eigenvalue weighted by Crippen LogP contribution is -2.12. The van der Waals surface area contributed by atoms with Gasteiger partial charge in [0.2, 0.25) is 0 Å². The fourth-order valence-corrected chi connectivity index (χ4v) is 3.83. The van der Waals surface area contributed by atoms with Crippen molar-refractivity contribution >= 4 is 23.4 Å². The quantitative estimate of drug-likeness (QED) is 0.366. The molecule has 3 rings (SSSR count). The molecular formula is C21H19ClN4OS. The molecule has 0 saturated heterocycles. The monoisotopic (exact) mass is 410 g/mol. The molecule has 0 aliphatic rings. The van der Waals surface area contributed by atoms with Gasteiger partial charge in [-0.05, 0) is 30.7 Å². The molecule has 1 atom stereocenters. The molecule has 1 heterocycles. The van der Waals surface area contributed by atoms with Crippen molar-refractivity contribution in [1.82, 2.24) is 14.8 Å². The number of rotatable bonds is 8. The lowest BCUT2D eigenvalue weighted by Gasteiger charge is -2.16. The minimum absolute atomic E-state index is 0.340. The first-order valence-corrected chi connectivity index (χ1v) is 10.1. The molecule has 0 fully saturated rings. The molecule has 1 aromatic heterocycles. The maximum Gasteiger partial charge on any atom is 0.191 e. The van der Waals surface area contributed by atoms with Gasteiger partial charge in [0.05, 0.1) is 16.7 Å². The van der Waals surface area contributed by atoms with E-state index in [4.69, 9.17) is 16.3 Å². The zero-order valence-electron chi connectivity index (χ0n) is 15.4. The van der Waals surface area contributed by atoms with E-state index in [-0.39, 0.29) is 6.10 Å². The Morgan fingerprint density at radius 2 is 2.00 bits per heavy atom. The summed E-state index contributed by atoms with van der Waals surface area (Å²) in [5.74, 6) is 1.91. The summed E-state index contributed by atoms with van der Waals surface area (Å²) in [4.78, 5) is 0. The Labute approximate surface area is 173 Å². The number of benzene rings is 2. The van der Waals surface area contributed by atoms with Gasteiger partial charge in [0.25, 0.3) is 0 Å². The van der Waals surface area contributed by atoms with E-state index < -0.39 is 0 Å². The minimum atomic E-state index is -0.340. The van der Waals surface area contributed by atoms with Gasteiger partial charge in [-0.2, -0.15) is 5.26 Å². The van der Waals surface area contributed by atoms with Crippen LogP contribution in [0.2, 0.25) is 5.02 Å². The molecule has 0 aliphatic heterocycles. The van der Waals surface area contributed by atoms with E-state index in [1.165, 1.54) is 11.8 Å². The molecule has 142 valence electrons. The van der Waals surface area contributed by atoms with E-state index in [9.17, 15) is 5.26 Å². The molecule has 0 aliphatic carbocycles. The van der Waals surface area contributed by atoms with Crippen LogP contribution in [0.25, 0.3) is 0 Å². The summed E-state index contributed by atoms with van der Waals surface area (Å²) in [5, 5.41) is 19.2. The molecule has 7 heteroatoms. The van der Waals surface area contributed by atoms with Gasteiger partial charge in [-0.3, -0.25) is 4.57 Å². The molecule has 0 saturated carbocycles. The molecule has 0 radical (unpaired) electrons. The highest BCUT2D eigenvalue weighted by molar-refractivity contribution is 7.98. The Morgan fingerprint density at radius 1 is 1.25 bits per heavy atom. The van der Waals surface area contributed by atoms with E-state index in [0.717, 1.165) is 10.7 Å². The largest absolute Gasteiger partial charge is 0.481 e. The van der Waals surface area contributed by atoms with Crippen molar-refractivity contribution in [2.24, 2.45) is 0 Å². The normalized spacial score (nSPS) is 11.6. The van der Waals surface area contributed by atoms with Gasteiger partial charge in [0, 0.05) is 12.3 Å². The van der Waals surface area contributed by atoms with Gasteiger partial charge in [-0.15, -0.1) is 16.8 Å². The van der Waals surface area contributed by atoms with E-state index in [2.05, 4.69) is 22.8 Å². The molecule has 1 unspecified atom stereocenters. The lowest BCUT2D eigenvalue weighted by atomic mass is 10.1. The molecule has 0 bridgehead atoms. The average Bonchev–Trinajstić information content (AvgIpc) is 3.11. The molecule has 0 N–H and O–H groups in total. The number of allylic oxidation sites excluding steroid dienone is 1. The topological polar surface area (TPSA) is 63.7 Å². The summed E-state index contributed by atoms with van der Waals surface area (Å²) in [7, 11) is 0. The number of thioether (sulfide) groups is 1.